The Morgan fingerprint density at radius 2 is 2.28 bits per heavy atom. The molecule has 0 spiro atoms. The summed E-state index contributed by atoms with van der Waals surface area (Å²) in [6, 6.07) is 7.54. The van der Waals surface area contributed by atoms with Gasteiger partial charge in [-0.15, -0.1) is 0 Å². The van der Waals surface area contributed by atoms with Crippen LogP contribution in [0.25, 0.3) is 0 Å². The van der Waals surface area contributed by atoms with Crippen LogP contribution in [-0.4, -0.2) is 19.6 Å². The largest absolute Gasteiger partial charge is 0.372 e. The van der Waals surface area contributed by atoms with Gasteiger partial charge in [0.25, 0.3) is 0 Å². The predicted octanol–water partition coefficient (Wildman–Crippen LogP) is 2.73. The van der Waals surface area contributed by atoms with E-state index in [1.807, 2.05) is 31.2 Å². The minimum atomic E-state index is -0.546. The lowest BCUT2D eigenvalue weighted by atomic mass is 9.95. The number of benzene rings is 1. The molecule has 1 aromatic rings. The maximum Gasteiger partial charge on any atom is 0.223 e. The van der Waals surface area contributed by atoms with Crippen LogP contribution >= 0.6 is 11.6 Å². The quantitative estimate of drug-likeness (QED) is 0.891. The van der Waals surface area contributed by atoms with Gasteiger partial charge in [0.05, 0.1) is 6.54 Å². The van der Waals surface area contributed by atoms with Crippen molar-refractivity contribution in [3.63, 3.8) is 0 Å². The normalized spacial score (nSPS) is 18.2. The maximum atomic E-state index is 11.7. The molecule has 98 valence electrons. The van der Waals surface area contributed by atoms with Crippen molar-refractivity contribution in [3.8, 4) is 0 Å². The third kappa shape index (κ3) is 3.03. The van der Waals surface area contributed by atoms with Gasteiger partial charge in [-0.2, -0.15) is 0 Å². The van der Waals surface area contributed by atoms with E-state index < -0.39 is 5.60 Å². The molecule has 0 heterocycles. The number of carbonyl (C=O) groups excluding carboxylic acids is 1. The van der Waals surface area contributed by atoms with E-state index in [0.717, 1.165) is 18.4 Å². The van der Waals surface area contributed by atoms with Gasteiger partial charge in [-0.3, -0.25) is 4.79 Å². The van der Waals surface area contributed by atoms with Crippen molar-refractivity contribution >= 4 is 17.5 Å². The number of carbonyl (C=O) groups is 1. The number of amides is 1. The first kappa shape index (κ1) is 13.4. The summed E-state index contributed by atoms with van der Waals surface area (Å²) in [5.41, 5.74) is 0.420. The molecule has 1 saturated carbocycles. The van der Waals surface area contributed by atoms with Gasteiger partial charge in [0.15, 0.2) is 0 Å². The molecule has 3 nitrogen and oxygen atoms in total. The van der Waals surface area contributed by atoms with E-state index in [4.69, 9.17) is 16.3 Å². The smallest absolute Gasteiger partial charge is 0.223 e. The molecular formula is C14H18ClNO2. The van der Waals surface area contributed by atoms with Gasteiger partial charge in [-0.05, 0) is 37.5 Å². The van der Waals surface area contributed by atoms with E-state index in [1.54, 1.807) is 7.11 Å². The number of hydrogen-bond donors (Lipinski definition) is 1. The minimum absolute atomic E-state index is 0.125. The molecule has 1 aliphatic carbocycles. The number of methoxy groups -OCH3 is 1. The molecule has 0 bridgehead atoms. The Morgan fingerprint density at radius 1 is 1.56 bits per heavy atom. The summed E-state index contributed by atoms with van der Waals surface area (Å²) in [6.45, 7) is 2.41. The summed E-state index contributed by atoms with van der Waals surface area (Å²) < 4.78 is 5.56. The number of hydrogen-bond acceptors (Lipinski definition) is 2. The second kappa shape index (κ2) is 5.29. The van der Waals surface area contributed by atoms with Crippen LogP contribution in [0.5, 0.6) is 0 Å². The molecule has 1 N–H and O–H groups in total. The van der Waals surface area contributed by atoms with Gasteiger partial charge in [0.2, 0.25) is 5.91 Å². The number of ether oxygens (including phenoxy) is 1. The topological polar surface area (TPSA) is 38.3 Å². The summed E-state index contributed by atoms with van der Waals surface area (Å²) in [7, 11) is 1.64. The van der Waals surface area contributed by atoms with Crippen molar-refractivity contribution in [2.45, 2.75) is 25.4 Å². The van der Waals surface area contributed by atoms with Crippen LogP contribution in [0.2, 0.25) is 5.02 Å². The van der Waals surface area contributed by atoms with Crippen LogP contribution in [-0.2, 0) is 15.1 Å². The Morgan fingerprint density at radius 3 is 2.83 bits per heavy atom. The average Bonchev–Trinajstić information content (AvgIpc) is 3.20. The van der Waals surface area contributed by atoms with E-state index >= 15 is 0 Å². The molecule has 4 heteroatoms. The standard InChI is InChI=1S/C14H18ClNO2/c1-14(18-2,9-16-13(17)10-6-7-10)11-4-3-5-12(15)8-11/h3-5,8,10H,6-7,9H2,1-2H3,(H,16,17)/t14-/m0/s1. The molecule has 1 fully saturated rings. The van der Waals surface area contributed by atoms with E-state index in [9.17, 15) is 4.79 Å². The summed E-state index contributed by atoms with van der Waals surface area (Å²) in [5.74, 6) is 0.339. The monoisotopic (exact) mass is 267 g/mol. The molecule has 18 heavy (non-hydrogen) atoms. The second-order valence-electron chi connectivity index (χ2n) is 4.94. The van der Waals surface area contributed by atoms with E-state index in [0.29, 0.717) is 11.6 Å². The highest BCUT2D eigenvalue weighted by Crippen LogP contribution is 2.30. The fourth-order valence-electron chi connectivity index (χ4n) is 1.86. The third-order valence-electron chi connectivity index (χ3n) is 3.43. The molecule has 2 rings (SSSR count). The fourth-order valence-corrected chi connectivity index (χ4v) is 2.05. The molecule has 0 unspecified atom stereocenters. The van der Waals surface area contributed by atoms with Crippen molar-refractivity contribution in [3.05, 3.63) is 34.9 Å². The number of rotatable bonds is 5. The van der Waals surface area contributed by atoms with Crippen molar-refractivity contribution in [2.24, 2.45) is 5.92 Å². The van der Waals surface area contributed by atoms with Gasteiger partial charge >= 0.3 is 0 Å². The van der Waals surface area contributed by atoms with Crippen LogP contribution in [0.3, 0.4) is 0 Å². The average molecular weight is 268 g/mol. The van der Waals surface area contributed by atoms with Gasteiger partial charge in [-0.1, -0.05) is 23.7 Å². The van der Waals surface area contributed by atoms with Gasteiger partial charge in [0, 0.05) is 18.1 Å². The zero-order valence-corrected chi connectivity index (χ0v) is 11.5. The Labute approximate surface area is 112 Å². The lowest BCUT2D eigenvalue weighted by molar-refractivity contribution is -0.123. The lowest BCUT2D eigenvalue weighted by Gasteiger charge is -2.29. The van der Waals surface area contributed by atoms with Crippen molar-refractivity contribution in [1.29, 1.82) is 0 Å². The molecule has 0 aromatic heterocycles. The second-order valence-corrected chi connectivity index (χ2v) is 5.37. The Bertz CT molecular complexity index is 445. The van der Waals surface area contributed by atoms with E-state index in [2.05, 4.69) is 5.32 Å². The van der Waals surface area contributed by atoms with Crippen LogP contribution < -0.4 is 5.32 Å². The Kier molecular flexibility index (Phi) is 3.93. The molecule has 1 aliphatic rings. The van der Waals surface area contributed by atoms with Gasteiger partial charge < -0.3 is 10.1 Å². The number of halogens is 1. The molecular weight excluding hydrogens is 250 g/mol. The first-order chi connectivity index (χ1) is 8.55. The van der Waals surface area contributed by atoms with Crippen molar-refractivity contribution in [1.82, 2.24) is 5.32 Å². The van der Waals surface area contributed by atoms with E-state index in [1.165, 1.54) is 0 Å². The summed E-state index contributed by atoms with van der Waals surface area (Å²) in [4.78, 5) is 11.7. The predicted molar refractivity (Wildman–Crippen MR) is 71.5 cm³/mol. The molecule has 0 aliphatic heterocycles. The zero-order valence-electron chi connectivity index (χ0n) is 10.7. The summed E-state index contributed by atoms with van der Waals surface area (Å²) >= 11 is 5.99. The molecule has 1 amide bonds. The van der Waals surface area contributed by atoms with Crippen LogP contribution in [0.15, 0.2) is 24.3 Å². The van der Waals surface area contributed by atoms with Crippen LogP contribution in [0, 0.1) is 5.92 Å². The van der Waals surface area contributed by atoms with Crippen molar-refractivity contribution in [2.75, 3.05) is 13.7 Å². The highest BCUT2D eigenvalue weighted by Gasteiger charge is 2.32. The first-order valence-corrected chi connectivity index (χ1v) is 6.52. The number of nitrogens with one attached hydrogen (secondary N) is 1. The van der Waals surface area contributed by atoms with Crippen LogP contribution in [0.1, 0.15) is 25.3 Å². The van der Waals surface area contributed by atoms with E-state index in [-0.39, 0.29) is 11.8 Å². The molecule has 1 atom stereocenters. The zero-order chi connectivity index (χ0) is 13.2. The molecule has 1 aromatic carbocycles. The van der Waals surface area contributed by atoms with Crippen LogP contribution in [0.4, 0.5) is 0 Å². The highest BCUT2D eigenvalue weighted by atomic mass is 35.5. The fraction of sp³-hybridized carbons (Fsp3) is 0.500. The Balaban J connectivity index is 2.06. The van der Waals surface area contributed by atoms with Gasteiger partial charge in [0.1, 0.15) is 5.60 Å². The maximum absolute atomic E-state index is 11.7. The first-order valence-electron chi connectivity index (χ1n) is 6.14. The summed E-state index contributed by atoms with van der Waals surface area (Å²) in [5, 5.41) is 3.62. The molecule has 0 saturated heterocycles. The lowest BCUT2D eigenvalue weighted by Crippen LogP contribution is -2.40. The minimum Gasteiger partial charge on any atom is -0.372 e. The molecule has 0 radical (unpaired) electrons. The SMILES string of the molecule is CO[C@@](C)(CNC(=O)C1CC1)c1cccc(Cl)c1. The highest BCUT2D eigenvalue weighted by molar-refractivity contribution is 6.30. The third-order valence-corrected chi connectivity index (χ3v) is 3.67. The summed E-state index contributed by atoms with van der Waals surface area (Å²) in [6.07, 6.45) is 2.01. The Hall–Kier alpha value is -1.06. The van der Waals surface area contributed by atoms with Gasteiger partial charge in [-0.25, -0.2) is 0 Å². The van der Waals surface area contributed by atoms with Crippen molar-refractivity contribution < 1.29 is 9.53 Å².